The van der Waals surface area contributed by atoms with Gasteiger partial charge >= 0.3 is 11.9 Å². The number of aliphatic carboxylic acids is 1. The van der Waals surface area contributed by atoms with Crippen LogP contribution in [0.5, 0.6) is 0 Å². The Hall–Kier alpha value is -7.27. The summed E-state index contributed by atoms with van der Waals surface area (Å²) in [5.41, 5.74) is -0.273. The van der Waals surface area contributed by atoms with Crippen molar-refractivity contribution in [3.05, 3.63) is 58.1 Å². The third-order valence-electron chi connectivity index (χ3n) is 14.9. The lowest BCUT2D eigenvalue weighted by Crippen LogP contribution is -2.58. The number of piperidine rings is 1. The van der Waals surface area contributed by atoms with Crippen LogP contribution in [0.15, 0.2) is 41.8 Å². The quantitative estimate of drug-likeness (QED) is 0.0157. The summed E-state index contributed by atoms with van der Waals surface area (Å²) < 4.78 is 11.5. The fourth-order valence-electron chi connectivity index (χ4n) is 9.69. The molecule has 24 nitrogen and oxygen atoms in total. The fraction of sp³-hybridized carbons (Fsp3) is 0.623. The van der Waals surface area contributed by atoms with Crippen LogP contribution in [-0.4, -0.2) is 163 Å². The first kappa shape index (κ1) is 71.2. The highest BCUT2D eigenvalue weighted by atomic mass is 32.1. The fourth-order valence-corrected chi connectivity index (χ4v) is 10.5. The van der Waals surface area contributed by atoms with Crippen LogP contribution in [0.3, 0.4) is 0 Å². The number of carbonyl (C=O) groups excluding carboxylic acids is 9. The number of allylic oxidation sites excluding steroid dienone is 1. The standard InChI is InChI=1S/C61H90N10O14S/c1-10-12-20-29-84-71(59(80)55(40(5)11-2)69-57(79)47-23-18-19-28-70(47)9)48(39(3)4)31-49(85-41(6)72)58-68-46(38-86-58)56(78)67-44(32-61(7,8)60(81)82)30-42-24-26-43(27-25-42)66-53(76)36-64-51(74)34-62-50(73)33-63-52(75)35-65-54(77)37-83-45-21-16-14-13-15-17-22-45/h1,16,21,24-27,38-40,44-45,47-49,55H,11-15,17-20,22-23,28-37H2,2-9H3,(H,62,73)(H,63,75)(H,64,74)(H,65,77)(H,66,76)(H,67,78)(H,69,79)(H,81,82)/b21-16-/t40-,44-,45?,47+,48+,49+,55-/m0/s1. The number of thiazole rings is 1. The van der Waals surface area contributed by atoms with Gasteiger partial charge in [-0.3, -0.25) is 57.7 Å². The van der Waals surface area contributed by atoms with Gasteiger partial charge in [0, 0.05) is 36.9 Å². The maximum atomic E-state index is 14.9. The van der Waals surface area contributed by atoms with Crippen LogP contribution < -0.4 is 37.2 Å². The maximum absolute atomic E-state index is 14.9. The largest absolute Gasteiger partial charge is 0.481 e. The van der Waals surface area contributed by atoms with Gasteiger partial charge in [0.05, 0.1) is 56.4 Å². The number of amides is 8. The van der Waals surface area contributed by atoms with Crippen molar-refractivity contribution in [1.82, 2.24) is 46.8 Å². The Morgan fingerprint density at radius 3 is 2.10 bits per heavy atom. The number of nitrogens with zero attached hydrogens (tertiary/aromatic N) is 3. The summed E-state index contributed by atoms with van der Waals surface area (Å²) in [7, 11) is 1.90. The maximum Gasteiger partial charge on any atom is 0.309 e. The second kappa shape index (κ2) is 36.7. The molecular formula is C61H90N10O14S. The van der Waals surface area contributed by atoms with E-state index in [4.69, 9.17) is 20.7 Å². The normalized spacial score (nSPS) is 17.5. The van der Waals surface area contributed by atoms with Gasteiger partial charge in [-0.2, -0.15) is 0 Å². The molecule has 7 atom stereocenters. The number of hydrogen-bond donors (Lipinski definition) is 8. The van der Waals surface area contributed by atoms with E-state index in [1.807, 2.05) is 51.8 Å². The summed E-state index contributed by atoms with van der Waals surface area (Å²) >= 11 is 1.07. The molecule has 8 N–H and O–H groups in total. The van der Waals surface area contributed by atoms with Crippen molar-refractivity contribution < 1.29 is 67.4 Å². The predicted octanol–water partition coefficient (Wildman–Crippen LogP) is 4.50. The van der Waals surface area contributed by atoms with Crippen LogP contribution in [0.1, 0.15) is 159 Å². The number of anilines is 1. The van der Waals surface area contributed by atoms with Crippen molar-refractivity contribution >= 4 is 76.2 Å². The molecule has 1 unspecified atom stereocenters. The number of ether oxygens (including phenoxy) is 2. The van der Waals surface area contributed by atoms with E-state index in [-0.39, 0.29) is 73.6 Å². The minimum absolute atomic E-state index is 0.000280. The van der Waals surface area contributed by atoms with Gasteiger partial charge in [-0.15, -0.1) is 23.7 Å². The number of terminal acetylenes is 1. The number of hydrogen-bond acceptors (Lipinski definition) is 16. The molecule has 1 saturated heterocycles. The summed E-state index contributed by atoms with van der Waals surface area (Å²) in [5, 5.41) is 31.3. The Kier molecular flexibility index (Phi) is 30.4. The molecule has 1 aromatic heterocycles. The zero-order valence-electron chi connectivity index (χ0n) is 51.1. The summed E-state index contributed by atoms with van der Waals surface area (Å²) in [6, 6.07) is 3.75. The lowest BCUT2D eigenvalue weighted by molar-refractivity contribution is -0.213. The summed E-state index contributed by atoms with van der Waals surface area (Å²) in [6.45, 7) is 10.8. The Bertz CT molecular complexity index is 2670. The number of likely N-dealkylation sites (N-methyl/N-ethyl adjacent to an activating group) is 1. The Morgan fingerprint density at radius 1 is 0.860 bits per heavy atom. The molecule has 1 fully saturated rings. The number of benzene rings is 1. The van der Waals surface area contributed by atoms with Gasteiger partial charge in [0.2, 0.25) is 35.4 Å². The van der Waals surface area contributed by atoms with Gasteiger partial charge in [0.25, 0.3) is 11.8 Å². The zero-order chi connectivity index (χ0) is 63.3. The molecule has 8 amide bonds. The smallest absolute Gasteiger partial charge is 0.309 e. The highest BCUT2D eigenvalue weighted by Gasteiger charge is 2.40. The third kappa shape index (κ3) is 25.0. The molecule has 0 bridgehead atoms. The van der Waals surface area contributed by atoms with Gasteiger partial charge in [-0.1, -0.05) is 77.7 Å². The van der Waals surface area contributed by atoms with E-state index < -0.39 is 109 Å². The van der Waals surface area contributed by atoms with Crippen molar-refractivity contribution in [1.29, 1.82) is 0 Å². The van der Waals surface area contributed by atoms with Gasteiger partial charge < -0.3 is 51.8 Å². The zero-order valence-corrected chi connectivity index (χ0v) is 51.9. The number of unbranched alkanes of at least 4 members (excludes halogenated alkanes) is 1. The molecule has 0 saturated carbocycles. The number of carboxylic acids is 1. The number of nitrogens with one attached hydrogen (secondary N) is 7. The summed E-state index contributed by atoms with van der Waals surface area (Å²) in [4.78, 5) is 143. The molecule has 1 aliphatic carbocycles. The Balaban J connectivity index is 1.36. The number of esters is 1. The van der Waals surface area contributed by atoms with E-state index in [9.17, 15) is 53.1 Å². The molecule has 1 aliphatic heterocycles. The molecule has 0 radical (unpaired) electrons. The lowest BCUT2D eigenvalue weighted by atomic mass is 9.84. The minimum Gasteiger partial charge on any atom is -0.481 e. The molecule has 0 spiro atoms. The molecule has 474 valence electrons. The highest BCUT2D eigenvalue weighted by molar-refractivity contribution is 7.09. The van der Waals surface area contributed by atoms with Crippen LogP contribution in [0.4, 0.5) is 5.69 Å². The van der Waals surface area contributed by atoms with E-state index in [2.05, 4.69) is 48.1 Å². The van der Waals surface area contributed by atoms with Crippen molar-refractivity contribution in [3.63, 3.8) is 0 Å². The second-order valence-electron chi connectivity index (χ2n) is 22.9. The molecule has 25 heteroatoms. The number of aromatic nitrogens is 1. The summed E-state index contributed by atoms with van der Waals surface area (Å²) in [5.74, 6) is -4.09. The van der Waals surface area contributed by atoms with Crippen LogP contribution in [0.25, 0.3) is 0 Å². The van der Waals surface area contributed by atoms with Crippen molar-refractivity contribution in [3.8, 4) is 12.3 Å². The first-order chi connectivity index (χ1) is 40.9. The number of carbonyl (C=O) groups is 10. The minimum atomic E-state index is -1.29. The molecule has 2 heterocycles. The third-order valence-corrected chi connectivity index (χ3v) is 15.9. The van der Waals surface area contributed by atoms with Crippen molar-refractivity contribution in [2.75, 3.05) is 58.3 Å². The second-order valence-corrected chi connectivity index (χ2v) is 23.8. The van der Waals surface area contributed by atoms with Crippen molar-refractivity contribution in [2.24, 2.45) is 17.3 Å². The van der Waals surface area contributed by atoms with Crippen LogP contribution in [-0.2, 0) is 63.9 Å². The van der Waals surface area contributed by atoms with Crippen LogP contribution in [0.2, 0.25) is 0 Å². The van der Waals surface area contributed by atoms with E-state index in [0.29, 0.717) is 36.9 Å². The van der Waals surface area contributed by atoms with Gasteiger partial charge in [0.1, 0.15) is 23.4 Å². The lowest BCUT2D eigenvalue weighted by Gasteiger charge is -2.39. The molecule has 2 aromatic rings. The van der Waals surface area contributed by atoms with Gasteiger partial charge in [0.15, 0.2) is 6.10 Å². The SMILES string of the molecule is C#CCCCON(C(=O)[C@@H](NC(=O)[C@H]1CCCCN1C)[C@@H](C)CC)[C@H](C[C@@H](OC(C)=O)c1nc(C(=O)N[C@@H](Cc2ccc(NC(=O)CNC(=O)CNC(=O)CNC(=O)CNC(=O)COC3/C=C\CCCCC3)cc2)CC(C)(C)C(=O)O)cs1)C(C)C. The van der Waals surface area contributed by atoms with Crippen molar-refractivity contribution in [2.45, 2.75) is 175 Å². The van der Waals surface area contributed by atoms with Gasteiger partial charge in [-0.25, -0.2) is 10.0 Å². The average molecular weight is 1220 g/mol. The van der Waals surface area contributed by atoms with E-state index in [1.165, 1.54) is 31.2 Å². The van der Waals surface area contributed by atoms with Gasteiger partial charge in [-0.05, 0) is 108 Å². The van der Waals surface area contributed by atoms with Crippen LogP contribution >= 0.6 is 11.3 Å². The summed E-state index contributed by atoms with van der Waals surface area (Å²) in [6.07, 6.45) is 17.4. The number of rotatable bonds is 34. The molecule has 1 aromatic carbocycles. The molecule has 4 rings (SSSR count). The highest BCUT2D eigenvalue weighted by Crippen LogP contribution is 2.33. The van der Waals surface area contributed by atoms with Crippen LogP contribution in [0, 0.1) is 29.6 Å². The Labute approximate surface area is 509 Å². The first-order valence-corrected chi connectivity index (χ1v) is 30.6. The first-order valence-electron chi connectivity index (χ1n) is 29.7. The molecule has 86 heavy (non-hydrogen) atoms. The Morgan fingerprint density at radius 2 is 1.50 bits per heavy atom. The predicted molar refractivity (Wildman–Crippen MR) is 322 cm³/mol. The molecular weight excluding hydrogens is 1130 g/mol. The number of hydroxylamine groups is 2. The average Bonchev–Trinajstić information content (AvgIpc) is 2.56. The monoisotopic (exact) mass is 1220 g/mol. The number of likely N-dealkylation sites (tertiary alicyclic amines) is 1. The van der Waals surface area contributed by atoms with E-state index in [1.54, 1.807) is 24.3 Å². The topological polar surface area (TPSA) is 322 Å². The van der Waals surface area contributed by atoms with E-state index in [0.717, 1.165) is 62.8 Å². The number of carboxylic acid groups (broad SMARTS) is 1. The molecule has 2 aliphatic rings. The van der Waals surface area contributed by atoms with E-state index >= 15 is 0 Å².